The molecule has 0 radical (unpaired) electrons. The number of aryl methyl sites for hydroxylation is 1. The summed E-state index contributed by atoms with van der Waals surface area (Å²) in [6, 6.07) is 16.4. The van der Waals surface area contributed by atoms with Gasteiger partial charge < -0.3 is 4.74 Å². The van der Waals surface area contributed by atoms with Gasteiger partial charge in [0.2, 0.25) is 11.9 Å². The Balaban J connectivity index is 1.79. The number of carbonyl (C=O) groups excluding carboxylic acids is 1. The van der Waals surface area contributed by atoms with Crippen molar-refractivity contribution in [1.82, 2.24) is 14.8 Å². The van der Waals surface area contributed by atoms with Crippen molar-refractivity contribution in [3.63, 3.8) is 0 Å². The van der Waals surface area contributed by atoms with Crippen LogP contribution in [0.2, 0.25) is 0 Å². The molecule has 1 aliphatic rings. The number of amides is 1. The van der Waals surface area contributed by atoms with E-state index in [-0.39, 0.29) is 18.0 Å². The van der Waals surface area contributed by atoms with E-state index in [2.05, 4.69) is 53.4 Å². The first-order valence-corrected chi connectivity index (χ1v) is 10.0. The van der Waals surface area contributed by atoms with Gasteiger partial charge in [0.15, 0.2) is 0 Å². The fourth-order valence-electron chi connectivity index (χ4n) is 3.99. The second kappa shape index (κ2) is 8.07. The van der Waals surface area contributed by atoms with E-state index in [9.17, 15) is 4.79 Å². The molecule has 0 saturated heterocycles. The molecule has 2 atom stereocenters. The number of benzene rings is 2. The van der Waals surface area contributed by atoms with Crippen molar-refractivity contribution in [3.8, 4) is 5.75 Å². The Bertz CT molecular complexity index is 979. The molecule has 2 unspecified atom stereocenters. The van der Waals surface area contributed by atoms with E-state index in [4.69, 9.17) is 4.74 Å². The highest BCUT2D eigenvalue weighted by Gasteiger charge is 2.38. The minimum Gasteiger partial charge on any atom is -0.497 e. The van der Waals surface area contributed by atoms with E-state index in [0.29, 0.717) is 12.4 Å². The van der Waals surface area contributed by atoms with Crippen molar-refractivity contribution < 1.29 is 9.53 Å². The average molecular weight is 390 g/mol. The first-order valence-electron chi connectivity index (χ1n) is 10.0. The second-order valence-electron chi connectivity index (χ2n) is 7.47. The number of rotatable bonds is 5. The van der Waals surface area contributed by atoms with Gasteiger partial charge >= 0.3 is 0 Å². The van der Waals surface area contributed by atoms with Crippen molar-refractivity contribution in [2.45, 2.75) is 45.2 Å². The van der Waals surface area contributed by atoms with Crippen LogP contribution in [0.5, 0.6) is 5.75 Å². The molecule has 0 bridgehead atoms. The van der Waals surface area contributed by atoms with E-state index >= 15 is 0 Å². The van der Waals surface area contributed by atoms with E-state index in [1.165, 1.54) is 11.9 Å². The predicted molar refractivity (Wildman–Crippen MR) is 112 cm³/mol. The highest BCUT2D eigenvalue weighted by molar-refractivity contribution is 5.92. The molecule has 1 aromatic heterocycles. The molecule has 0 N–H and O–H groups in total. The lowest BCUT2D eigenvalue weighted by atomic mass is 9.91. The summed E-state index contributed by atoms with van der Waals surface area (Å²) < 4.78 is 7.18. The van der Waals surface area contributed by atoms with Crippen molar-refractivity contribution >= 4 is 11.9 Å². The number of fused-ring (bicyclic) bond motifs is 1. The SMILES string of the molecule is CCCC(=O)N1c2ncnn2C(c2ccc(OC)cc2)CC1c1ccc(C)cc1. The quantitative estimate of drug-likeness (QED) is 0.645. The molecule has 0 spiro atoms. The zero-order valence-corrected chi connectivity index (χ0v) is 17.1. The molecule has 0 aliphatic carbocycles. The summed E-state index contributed by atoms with van der Waals surface area (Å²) >= 11 is 0. The topological polar surface area (TPSA) is 60.2 Å². The molecule has 0 saturated carbocycles. The molecule has 6 nitrogen and oxygen atoms in total. The van der Waals surface area contributed by atoms with E-state index in [0.717, 1.165) is 29.7 Å². The standard InChI is InChI=1S/C23H26N4O2/c1-4-5-22(28)26-20(17-8-6-16(2)7-9-17)14-21(27-23(26)24-15-25-27)18-10-12-19(29-3)13-11-18/h6-13,15,20-21H,4-5,14H2,1-3H3. The van der Waals surface area contributed by atoms with E-state index in [1.54, 1.807) is 7.11 Å². The number of aromatic nitrogens is 3. The Morgan fingerprint density at radius 3 is 2.38 bits per heavy atom. The Kier molecular flexibility index (Phi) is 5.34. The summed E-state index contributed by atoms with van der Waals surface area (Å²) in [5.41, 5.74) is 3.44. The maximum Gasteiger partial charge on any atom is 0.231 e. The van der Waals surface area contributed by atoms with Crippen molar-refractivity contribution in [1.29, 1.82) is 0 Å². The molecule has 1 amide bonds. The number of methoxy groups -OCH3 is 1. The lowest BCUT2D eigenvalue weighted by molar-refractivity contribution is -0.119. The molecule has 2 aromatic carbocycles. The number of carbonyl (C=O) groups is 1. The molecule has 6 heteroatoms. The summed E-state index contributed by atoms with van der Waals surface area (Å²) in [5.74, 6) is 1.51. The van der Waals surface area contributed by atoms with Crippen molar-refractivity contribution in [2.24, 2.45) is 0 Å². The van der Waals surface area contributed by atoms with Crippen molar-refractivity contribution in [3.05, 3.63) is 71.5 Å². The molecule has 3 aromatic rings. The maximum absolute atomic E-state index is 13.1. The summed E-state index contributed by atoms with van der Waals surface area (Å²) in [4.78, 5) is 19.4. The number of hydrogen-bond donors (Lipinski definition) is 0. The fraction of sp³-hybridized carbons (Fsp3) is 0.348. The van der Waals surface area contributed by atoms with Crippen LogP contribution in [0.15, 0.2) is 54.9 Å². The first-order chi connectivity index (χ1) is 14.1. The number of hydrogen-bond acceptors (Lipinski definition) is 4. The Morgan fingerprint density at radius 1 is 1.07 bits per heavy atom. The predicted octanol–water partition coefficient (Wildman–Crippen LogP) is 4.46. The van der Waals surface area contributed by atoms with Crippen LogP contribution in [-0.4, -0.2) is 27.8 Å². The van der Waals surface area contributed by atoms with Gasteiger partial charge in [0.1, 0.15) is 12.1 Å². The van der Waals surface area contributed by atoms with Gasteiger partial charge in [-0.05, 0) is 43.0 Å². The molecule has 150 valence electrons. The highest BCUT2D eigenvalue weighted by atomic mass is 16.5. The minimum atomic E-state index is -0.0848. The van der Waals surface area contributed by atoms with Crippen LogP contribution in [0.1, 0.15) is 55.0 Å². The fourth-order valence-corrected chi connectivity index (χ4v) is 3.99. The smallest absolute Gasteiger partial charge is 0.231 e. The van der Waals surface area contributed by atoms with E-state index < -0.39 is 0 Å². The third-order valence-electron chi connectivity index (χ3n) is 5.52. The van der Waals surface area contributed by atoms with Gasteiger partial charge in [0, 0.05) is 6.42 Å². The second-order valence-corrected chi connectivity index (χ2v) is 7.47. The summed E-state index contributed by atoms with van der Waals surface area (Å²) in [5, 5.41) is 4.47. The Morgan fingerprint density at radius 2 is 1.72 bits per heavy atom. The van der Waals surface area contributed by atoms with Crippen LogP contribution in [0, 0.1) is 6.92 Å². The largest absolute Gasteiger partial charge is 0.497 e. The molecule has 29 heavy (non-hydrogen) atoms. The molecule has 1 aliphatic heterocycles. The molecule has 0 fully saturated rings. The molecule has 2 heterocycles. The first kappa shape index (κ1) is 19.2. The van der Waals surface area contributed by atoms with Crippen LogP contribution in [-0.2, 0) is 4.79 Å². The zero-order chi connectivity index (χ0) is 20.4. The maximum atomic E-state index is 13.1. The van der Waals surface area contributed by atoms with Gasteiger partial charge in [0.25, 0.3) is 0 Å². The van der Waals surface area contributed by atoms with Crippen LogP contribution >= 0.6 is 0 Å². The van der Waals surface area contributed by atoms with Crippen molar-refractivity contribution in [2.75, 3.05) is 12.0 Å². The Labute approximate surface area is 171 Å². The normalized spacial score (nSPS) is 18.4. The lowest BCUT2D eigenvalue weighted by Gasteiger charge is -2.39. The number of nitrogens with zero attached hydrogens (tertiary/aromatic N) is 4. The number of ether oxygens (including phenoxy) is 1. The van der Waals surface area contributed by atoms with Gasteiger partial charge in [-0.15, -0.1) is 0 Å². The van der Waals surface area contributed by atoms with Gasteiger partial charge in [0.05, 0.1) is 19.2 Å². The van der Waals surface area contributed by atoms with Crippen LogP contribution in [0.25, 0.3) is 0 Å². The average Bonchev–Trinajstić information content (AvgIpc) is 3.23. The van der Waals surface area contributed by atoms with Gasteiger partial charge in [-0.1, -0.05) is 48.9 Å². The van der Waals surface area contributed by atoms with Crippen LogP contribution in [0.4, 0.5) is 5.95 Å². The third kappa shape index (κ3) is 3.62. The zero-order valence-electron chi connectivity index (χ0n) is 17.1. The van der Waals surface area contributed by atoms with Gasteiger partial charge in [-0.3, -0.25) is 9.69 Å². The van der Waals surface area contributed by atoms with E-state index in [1.807, 2.05) is 28.6 Å². The highest BCUT2D eigenvalue weighted by Crippen LogP contribution is 2.42. The lowest BCUT2D eigenvalue weighted by Crippen LogP contribution is -2.42. The monoisotopic (exact) mass is 390 g/mol. The molecular formula is C23H26N4O2. The minimum absolute atomic E-state index is 0.00427. The Hall–Kier alpha value is -3.15. The summed E-state index contributed by atoms with van der Waals surface area (Å²) in [6.07, 6.45) is 3.56. The van der Waals surface area contributed by atoms with Gasteiger partial charge in [-0.2, -0.15) is 10.1 Å². The molecule has 4 rings (SSSR count). The van der Waals surface area contributed by atoms with Crippen LogP contribution < -0.4 is 9.64 Å². The number of anilines is 1. The van der Waals surface area contributed by atoms with Gasteiger partial charge in [-0.25, -0.2) is 4.68 Å². The third-order valence-corrected chi connectivity index (χ3v) is 5.52. The summed E-state index contributed by atoms with van der Waals surface area (Å²) in [6.45, 7) is 4.09. The molecular weight excluding hydrogens is 364 g/mol. The van der Waals surface area contributed by atoms with Crippen LogP contribution in [0.3, 0.4) is 0 Å². The summed E-state index contributed by atoms with van der Waals surface area (Å²) in [7, 11) is 1.66.